The summed E-state index contributed by atoms with van der Waals surface area (Å²) in [5.41, 5.74) is 0.984. The fourth-order valence-corrected chi connectivity index (χ4v) is 1.58. The van der Waals surface area contributed by atoms with E-state index in [2.05, 4.69) is 6.07 Å². The van der Waals surface area contributed by atoms with E-state index in [1.54, 1.807) is 18.2 Å². The maximum atomic E-state index is 5.90. The van der Waals surface area contributed by atoms with Gasteiger partial charge in [0, 0.05) is 5.75 Å². The summed E-state index contributed by atoms with van der Waals surface area (Å²) in [6, 6.07) is 15.8. The molecule has 2 aromatic rings. The van der Waals surface area contributed by atoms with Crippen LogP contribution in [0.1, 0.15) is 5.56 Å². The Morgan fingerprint density at radius 1 is 1.11 bits per heavy atom. The van der Waals surface area contributed by atoms with Crippen molar-refractivity contribution >= 4 is 46.3 Å². The molecular weight excluding hydrogens is 347 g/mol. The van der Waals surface area contributed by atoms with Crippen LogP contribution in [0.3, 0.4) is 0 Å². The van der Waals surface area contributed by atoms with Gasteiger partial charge in [0.15, 0.2) is 0 Å². The van der Waals surface area contributed by atoms with Gasteiger partial charge >= 0.3 is 23.1 Å². The second-order valence-corrected chi connectivity index (χ2v) is 4.09. The largest absolute Gasteiger partial charge is 2.00 e. The zero-order chi connectivity index (χ0) is 11.4. The van der Waals surface area contributed by atoms with E-state index in [0.29, 0.717) is 16.7 Å². The normalized spacial score (nSPS) is 9.00. The third-order valence-electron chi connectivity index (χ3n) is 2.07. The summed E-state index contributed by atoms with van der Waals surface area (Å²) in [6.45, 7) is 0.467. The summed E-state index contributed by atoms with van der Waals surface area (Å²) < 4.78 is 5.55. The van der Waals surface area contributed by atoms with E-state index >= 15 is 0 Å². The Hall–Kier alpha value is 0.0662. The molecule has 0 N–H and O–H groups in total. The van der Waals surface area contributed by atoms with Gasteiger partial charge in [0.2, 0.25) is 0 Å². The molecule has 2 rings (SSSR count). The fourth-order valence-electron chi connectivity index (χ4n) is 1.26. The molecule has 0 bridgehead atoms. The average Bonchev–Trinajstić information content (AvgIpc) is 2.32. The minimum atomic E-state index is 0. The number of hydrogen-bond acceptors (Lipinski definition) is 1. The number of ether oxygens (including phenoxy) is 1. The average molecular weight is 356 g/mol. The van der Waals surface area contributed by atoms with E-state index in [1.807, 2.05) is 24.3 Å². The Morgan fingerprint density at radius 2 is 1.89 bits per heavy atom. The van der Waals surface area contributed by atoms with Crippen molar-refractivity contribution in [3.8, 4) is 5.75 Å². The van der Waals surface area contributed by atoms with Crippen molar-refractivity contribution in [2.24, 2.45) is 0 Å². The summed E-state index contributed by atoms with van der Waals surface area (Å²) in [5, 5.41) is 1.10. The van der Waals surface area contributed by atoms with Crippen LogP contribution >= 0.6 is 23.2 Å². The van der Waals surface area contributed by atoms with Crippen molar-refractivity contribution in [3.63, 3.8) is 0 Å². The SMILES string of the molecule is Clc1ccc(COc2c[c-]ccc2)cc1Cl.[Br-].[Mg+2]. The monoisotopic (exact) mass is 354 g/mol. The molecule has 0 aliphatic heterocycles. The van der Waals surface area contributed by atoms with Gasteiger partial charge in [-0.2, -0.15) is 18.2 Å². The Kier molecular flexibility index (Phi) is 9.08. The standard InChI is InChI=1S/C13H9Cl2O.BrH.Mg/c14-12-7-6-10(8-13(12)15)9-16-11-4-2-1-3-5-11;;/h1-2,4-8H,9H2;1H;/q-1;;+2/p-1. The molecule has 0 amide bonds. The van der Waals surface area contributed by atoms with Crippen LogP contribution < -0.4 is 21.7 Å². The van der Waals surface area contributed by atoms with Gasteiger partial charge in [0.1, 0.15) is 0 Å². The molecule has 2 aromatic carbocycles. The molecule has 0 atom stereocenters. The predicted molar refractivity (Wildman–Crippen MR) is 71.8 cm³/mol. The van der Waals surface area contributed by atoms with Gasteiger partial charge in [0.05, 0.1) is 16.7 Å². The molecule has 0 heterocycles. The summed E-state index contributed by atoms with van der Waals surface area (Å²) in [5.74, 6) is 0.786. The van der Waals surface area contributed by atoms with Crippen LogP contribution in [0, 0.1) is 6.07 Å². The van der Waals surface area contributed by atoms with Crippen LogP contribution in [0.5, 0.6) is 5.75 Å². The third-order valence-corrected chi connectivity index (χ3v) is 2.81. The first-order valence-corrected chi connectivity index (χ1v) is 5.54. The van der Waals surface area contributed by atoms with Crippen LogP contribution in [0.4, 0.5) is 0 Å². The minimum absolute atomic E-state index is 0. The van der Waals surface area contributed by atoms with Crippen LogP contribution in [0.25, 0.3) is 0 Å². The van der Waals surface area contributed by atoms with E-state index < -0.39 is 0 Å². The van der Waals surface area contributed by atoms with Crippen molar-refractivity contribution in [3.05, 3.63) is 64.1 Å². The topological polar surface area (TPSA) is 9.23 Å². The fraction of sp³-hybridized carbons (Fsp3) is 0.0769. The van der Waals surface area contributed by atoms with Crippen molar-refractivity contribution < 1.29 is 21.7 Å². The molecule has 0 aliphatic rings. The molecule has 0 saturated carbocycles. The Balaban J connectivity index is 0.00000144. The van der Waals surface area contributed by atoms with Crippen molar-refractivity contribution in [1.82, 2.24) is 0 Å². The first kappa shape index (κ1) is 18.1. The zero-order valence-corrected chi connectivity index (χ0v) is 14.0. The van der Waals surface area contributed by atoms with Gasteiger partial charge in [-0.05, 0) is 17.7 Å². The number of halogens is 3. The molecule has 0 radical (unpaired) electrons. The van der Waals surface area contributed by atoms with E-state index in [4.69, 9.17) is 27.9 Å². The van der Waals surface area contributed by atoms with Crippen LogP contribution in [-0.2, 0) is 6.61 Å². The van der Waals surface area contributed by atoms with Gasteiger partial charge in [-0.15, -0.1) is 12.1 Å². The summed E-state index contributed by atoms with van der Waals surface area (Å²) in [4.78, 5) is 0. The van der Waals surface area contributed by atoms with Crippen molar-refractivity contribution in [2.45, 2.75) is 6.61 Å². The second kappa shape index (κ2) is 9.05. The Morgan fingerprint density at radius 3 is 2.50 bits per heavy atom. The number of rotatable bonds is 3. The second-order valence-electron chi connectivity index (χ2n) is 3.28. The van der Waals surface area contributed by atoms with E-state index in [1.165, 1.54) is 0 Å². The maximum Gasteiger partial charge on any atom is 2.00 e. The maximum absolute atomic E-state index is 5.90. The summed E-state index contributed by atoms with van der Waals surface area (Å²) in [7, 11) is 0. The molecule has 0 saturated heterocycles. The summed E-state index contributed by atoms with van der Waals surface area (Å²) >= 11 is 11.7. The molecular formula is C13H9BrCl2MgO. The molecule has 90 valence electrons. The summed E-state index contributed by atoms with van der Waals surface area (Å²) in [6.07, 6.45) is 0. The molecule has 0 unspecified atom stereocenters. The van der Waals surface area contributed by atoms with E-state index in [9.17, 15) is 0 Å². The molecule has 1 nitrogen and oxygen atoms in total. The first-order valence-electron chi connectivity index (χ1n) is 4.78. The predicted octanol–water partition coefficient (Wildman–Crippen LogP) is 0.996. The molecule has 5 heteroatoms. The molecule has 0 aliphatic carbocycles. The number of benzene rings is 2. The molecule has 18 heavy (non-hydrogen) atoms. The molecule has 0 spiro atoms. The molecule has 0 aromatic heterocycles. The van der Waals surface area contributed by atoms with Gasteiger partial charge in [0.25, 0.3) is 0 Å². The van der Waals surface area contributed by atoms with Crippen molar-refractivity contribution in [2.75, 3.05) is 0 Å². The zero-order valence-electron chi connectivity index (χ0n) is 9.50. The van der Waals surface area contributed by atoms with Crippen LogP contribution in [0.2, 0.25) is 10.0 Å². The Labute approximate surface area is 143 Å². The van der Waals surface area contributed by atoms with E-state index in [0.717, 1.165) is 11.3 Å². The van der Waals surface area contributed by atoms with Gasteiger partial charge in [-0.25, -0.2) is 0 Å². The smallest absolute Gasteiger partial charge is 1.00 e. The quantitative estimate of drug-likeness (QED) is 0.589. The first-order chi connectivity index (χ1) is 7.75. The van der Waals surface area contributed by atoms with Gasteiger partial charge in [-0.1, -0.05) is 29.3 Å². The van der Waals surface area contributed by atoms with Crippen molar-refractivity contribution in [1.29, 1.82) is 0 Å². The minimum Gasteiger partial charge on any atom is -1.00 e. The molecule has 0 fully saturated rings. The van der Waals surface area contributed by atoms with Crippen LogP contribution in [-0.4, -0.2) is 23.1 Å². The van der Waals surface area contributed by atoms with Gasteiger partial charge < -0.3 is 21.7 Å². The Bertz CT molecular complexity index is 480. The number of hydrogen-bond donors (Lipinski definition) is 0. The van der Waals surface area contributed by atoms with E-state index in [-0.39, 0.29) is 40.0 Å². The van der Waals surface area contributed by atoms with Crippen LogP contribution in [0.15, 0.2) is 42.5 Å². The van der Waals surface area contributed by atoms with Gasteiger partial charge in [-0.3, -0.25) is 0 Å². The third kappa shape index (κ3) is 5.37.